The number of benzene rings is 1. The van der Waals surface area contributed by atoms with Crippen molar-refractivity contribution in [1.29, 1.82) is 0 Å². The molecule has 0 fully saturated rings. The van der Waals surface area contributed by atoms with Crippen LogP contribution < -0.4 is 5.32 Å². The highest BCUT2D eigenvalue weighted by Gasteiger charge is 2.13. The maximum absolute atomic E-state index is 9.66. The van der Waals surface area contributed by atoms with Crippen molar-refractivity contribution in [2.24, 2.45) is 0 Å². The molecule has 1 aromatic carbocycles. The summed E-state index contributed by atoms with van der Waals surface area (Å²) < 4.78 is 0. The largest absolute Gasteiger partial charge is 0.506 e. The predicted octanol–water partition coefficient (Wildman–Crippen LogP) is 1.54. The fourth-order valence-electron chi connectivity index (χ4n) is 2.02. The second-order valence-electron chi connectivity index (χ2n) is 3.54. The Bertz CT molecular complexity index is 498. The summed E-state index contributed by atoms with van der Waals surface area (Å²) in [5.41, 5.74) is 3.15. The summed E-state index contributed by atoms with van der Waals surface area (Å²) in [4.78, 5) is 4.21. The van der Waals surface area contributed by atoms with Crippen molar-refractivity contribution >= 4 is 10.9 Å². The third-order valence-electron chi connectivity index (χ3n) is 2.67. The standard InChI is InChI=1S/C11H10N2O/c14-9-2-1-7-5-12-6-8-3-4-13-11(9)10(7)8/h1-4,12,14H,5-6H2. The van der Waals surface area contributed by atoms with Gasteiger partial charge < -0.3 is 10.4 Å². The molecule has 0 aliphatic carbocycles. The lowest BCUT2D eigenvalue weighted by molar-refractivity contribution is 0.480. The topological polar surface area (TPSA) is 45.2 Å². The number of hydrogen-bond acceptors (Lipinski definition) is 3. The van der Waals surface area contributed by atoms with E-state index in [1.54, 1.807) is 12.3 Å². The molecule has 70 valence electrons. The van der Waals surface area contributed by atoms with E-state index in [2.05, 4.69) is 10.3 Å². The maximum Gasteiger partial charge on any atom is 0.141 e. The Morgan fingerprint density at radius 3 is 2.79 bits per heavy atom. The Morgan fingerprint density at radius 2 is 1.93 bits per heavy atom. The molecule has 1 aliphatic rings. The molecular formula is C11H10N2O. The van der Waals surface area contributed by atoms with Gasteiger partial charge in [0.2, 0.25) is 0 Å². The molecule has 2 heterocycles. The molecule has 3 nitrogen and oxygen atoms in total. The van der Waals surface area contributed by atoms with Gasteiger partial charge >= 0.3 is 0 Å². The third kappa shape index (κ3) is 0.930. The first-order chi connectivity index (χ1) is 6.86. The normalized spacial score (nSPS) is 14.6. The van der Waals surface area contributed by atoms with Gasteiger partial charge in [-0.05, 0) is 23.3 Å². The summed E-state index contributed by atoms with van der Waals surface area (Å²) >= 11 is 0. The van der Waals surface area contributed by atoms with Crippen molar-refractivity contribution in [3.05, 3.63) is 35.5 Å². The van der Waals surface area contributed by atoms with Crippen LogP contribution in [0.2, 0.25) is 0 Å². The monoisotopic (exact) mass is 186 g/mol. The number of aromatic nitrogens is 1. The summed E-state index contributed by atoms with van der Waals surface area (Å²) in [5, 5.41) is 14.1. The van der Waals surface area contributed by atoms with Crippen LogP contribution >= 0.6 is 0 Å². The van der Waals surface area contributed by atoms with Crippen LogP contribution in [0.15, 0.2) is 24.4 Å². The van der Waals surface area contributed by atoms with E-state index >= 15 is 0 Å². The van der Waals surface area contributed by atoms with Crippen LogP contribution in [0.3, 0.4) is 0 Å². The molecule has 0 spiro atoms. The van der Waals surface area contributed by atoms with E-state index in [0.717, 1.165) is 24.0 Å². The first-order valence-electron chi connectivity index (χ1n) is 4.65. The van der Waals surface area contributed by atoms with Crippen molar-refractivity contribution in [3.8, 4) is 5.75 Å². The van der Waals surface area contributed by atoms with Gasteiger partial charge in [-0.3, -0.25) is 4.98 Å². The van der Waals surface area contributed by atoms with Crippen LogP contribution in [-0.4, -0.2) is 10.1 Å². The lowest BCUT2D eigenvalue weighted by atomic mass is 9.99. The average Bonchev–Trinajstić information content (AvgIpc) is 2.24. The molecular weight excluding hydrogens is 176 g/mol. The summed E-state index contributed by atoms with van der Waals surface area (Å²) in [6, 6.07) is 5.66. The van der Waals surface area contributed by atoms with Crippen molar-refractivity contribution in [2.75, 3.05) is 0 Å². The van der Waals surface area contributed by atoms with Gasteiger partial charge in [0, 0.05) is 24.7 Å². The smallest absolute Gasteiger partial charge is 0.141 e. The van der Waals surface area contributed by atoms with E-state index in [9.17, 15) is 5.11 Å². The molecule has 0 amide bonds. The minimum absolute atomic E-state index is 0.271. The van der Waals surface area contributed by atoms with Gasteiger partial charge in [0.05, 0.1) is 0 Å². The first kappa shape index (κ1) is 7.76. The third-order valence-corrected chi connectivity index (χ3v) is 2.67. The van der Waals surface area contributed by atoms with E-state index in [4.69, 9.17) is 0 Å². The molecule has 3 rings (SSSR count). The van der Waals surface area contributed by atoms with Crippen LogP contribution in [0.1, 0.15) is 11.1 Å². The van der Waals surface area contributed by atoms with Crippen LogP contribution in [0.25, 0.3) is 10.9 Å². The lowest BCUT2D eigenvalue weighted by Gasteiger charge is -2.17. The number of nitrogens with one attached hydrogen (secondary N) is 1. The van der Waals surface area contributed by atoms with Gasteiger partial charge in [0.1, 0.15) is 11.3 Å². The highest BCUT2D eigenvalue weighted by molar-refractivity contribution is 5.90. The van der Waals surface area contributed by atoms with Crippen molar-refractivity contribution in [1.82, 2.24) is 10.3 Å². The molecule has 0 saturated carbocycles. The Balaban J connectivity index is 2.51. The zero-order valence-corrected chi connectivity index (χ0v) is 7.62. The number of phenols is 1. The molecule has 2 aromatic rings. The number of nitrogens with zero attached hydrogens (tertiary/aromatic N) is 1. The minimum atomic E-state index is 0.271. The van der Waals surface area contributed by atoms with E-state index < -0.39 is 0 Å². The number of aromatic hydroxyl groups is 1. The van der Waals surface area contributed by atoms with Gasteiger partial charge in [-0.15, -0.1) is 0 Å². The highest BCUT2D eigenvalue weighted by atomic mass is 16.3. The van der Waals surface area contributed by atoms with Crippen LogP contribution in [0.4, 0.5) is 0 Å². The zero-order chi connectivity index (χ0) is 9.54. The van der Waals surface area contributed by atoms with E-state index in [1.165, 1.54) is 11.1 Å². The summed E-state index contributed by atoms with van der Waals surface area (Å²) in [7, 11) is 0. The Hall–Kier alpha value is -1.61. The van der Waals surface area contributed by atoms with Crippen molar-refractivity contribution < 1.29 is 5.11 Å². The Labute approximate surface area is 81.4 Å². The Morgan fingerprint density at radius 1 is 1.14 bits per heavy atom. The highest BCUT2D eigenvalue weighted by Crippen LogP contribution is 2.30. The first-order valence-corrected chi connectivity index (χ1v) is 4.65. The van der Waals surface area contributed by atoms with Crippen molar-refractivity contribution in [3.63, 3.8) is 0 Å². The fourth-order valence-corrected chi connectivity index (χ4v) is 2.02. The summed E-state index contributed by atoms with van der Waals surface area (Å²) in [6.45, 7) is 1.71. The lowest BCUT2D eigenvalue weighted by Crippen LogP contribution is -2.18. The fraction of sp³-hybridized carbons (Fsp3) is 0.182. The van der Waals surface area contributed by atoms with Gasteiger partial charge in [0.25, 0.3) is 0 Å². The van der Waals surface area contributed by atoms with Crippen molar-refractivity contribution in [2.45, 2.75) is 13.1 Å². The predicted molar refractivity (Wildman–Crippen MR) is 54.0 cm³/mol. The molecule has 3 heteroatoms. The molecule has 0 bridgehead atoms. The summed E-state index contributed by atoms with van der Waals surface area (Å²) in [6.07, 6.45) is 1.74. The molecule has 1 aromatic heterocycles. The van der Waals surface area contributed by atoms with E-state index in [-0.39, 0.29) is 5.75 Å². The maximum atomic E-state index is 9.66. The van der Waals surface area contributed by atoms with Gasteiger partial charge in [-0.25, -0.2) is 0 Å². The number of phenolic OH excluding ortho intramolecular Hbond substituents is 1. The van der Waals surface area contributed by atoms with Crippen LogP contribution in [-0.2, 0) is 13.1 Å². The average molecular weight is 186 g/mol. The Kier molecular flexibility index (Phi) is 1.49. The SMILES string of the molecule is Oc1ccc2c3c(ccnc13)CNC2. The molecule has 0 atom stereocenters. The number of pyridine rings is 1. The number of hydrogen-bond donors (Lipinski definition) is 2. The molecule has 1 aliphatic heterocycles. The molecule has 14 heavy (non-hydrogen) atoms. The second kappa shape index (κ2) is 2.69. The number of rotatable bonds is 0. The van der Waals surface area contributed by atoms with E-state index in [0.29, 0.717) is 0 Å². The van der Waals surface area contributed by atoms with Gasteiger partial charge in [-0.2, -0.15) is 0 Å². The molecule has 0 radical (unpaired) electrons. The summed E-state index contributed by atoms with van der Waals surface area (Å²) in [5.74, 6) is 0.271. The van der Waals surface area contributed by atoms with Crippen LogP contribution in [0.5, 0.6) is 5.75 Å². The zero-order valence-electron chi connectivity index (χ0n) is 7.62. The van der Waals surface area contributed by atoms with Gasteiger partial charge in [0.15, 0.2) is 0 Å². The minimum Gasteiger partial charge on any atom is -0.506 e. The molecule has 2 N–H and O–H groups in total. The second-order valence-corrected chi connectivity index (χ2v) is 3.54. The van der Waals surface area contributed by atoms with Gasteiger partial charge in [-0.1, -0.05) is 6.07 Å². The molecule has 0 saturated heterocycles. The van der Waals surface area contributed by atoms with E-state index in [1.807, 2.05) is 12.1 Å². The quantitative estimate of drug-likeness (QED) is 0.656. The van der Waals surface area contributed by atoms with Crippen LogP contribution in [0, 0.1) is 0 Å². The molecule has 0 unspecified atom stereocenters.